The summed E-state index contributed by atoms with van der Waals surface area (Å²) in [6.45, 7) is 5.19. The van der Waals surface area contributed by atoms with Gasteiger partial charge in [0.15, 0.2) is 5.65 Å². The van der Waals surface area contributed by atoms with Crippen LogP contribution < -0.4 is 4.90 Å². The van der Waals surface area contributed by atoms with Crippen LogP contribution in [0.4, 0.5) is 10.1 Å². The highest BCUT2D eigenvalue weighted by molar-refractivity contribution is 6.04. The number of pyridine rings is 1. The highest BCUT2D eigenvalue weighted by Gasteiger charge is 2.27. The molecule has 1 saturated heterocycles. The molecule has 0 spiro atoms. The van der Waals surface area contributed by atoms with Crippen molar-refractivity contribution >= 4 is 22.8 Å². The van der Waals surface area contributed by atoms with Crippen molar-refractivity contribution < 1.29 is 9.18 Å². The number of imidazole rings is 1. The summed E-state index contributed by atoms with van der Waals surface area (Å²) >= 11 is 0. The number of hydrogen-bond acceptors (Lipinski definition) is 4. The van der Waals surface area contributed by atoms with Gasteiger partial charge in [-0.1, -0.05) is 18.6 Å². The predicted octanol–water partition coefficient (Wildman–Crippen LogP) is 3.57. The van der Waals surface area contributed by atoms with E-state index in [9.17, 15) is 9.18 Å². The van der Waals surface area contributed by atoms with Crippen LogP contribution in [0.15, 0.2) is 30.3 Å². The molecule has 2 aliphatic rings. The number of aryl methyl sites for hydroxylation is 3. The number of hydrogen-bond donors (Lipinski definition) is 0. The maximum absolute atomic E-state index is 14.1. The standard InChI is InChI=1S/C23H26FN5O/c1-16-15-17(21-22(25-16)29-10-6-2-3-9-20(29)26-21)23(30)28-13-11-27(12-14-28)19-8-5-4-7-18(19)24/h4-5,7-8,15H,2-3,6,9-14H2,1H3. The van der Waals surface area contributed by atoms with Gasteiger partial charge >= 0.3 is 0 Å². The van der Waals surface area contributed by atoms with E-state index in [0.717, 1.165) is 48.5 Å². The average molecular weight is 407 g/mol. The van der Waals surface area contributed by atoms with Gasteiger partial charge in [0.05, 0.1) is 11.3 Å². The highest BCUT2D eigenvalue weighted by Crippen LogP contribution is 2.26. The normalized spacial score (nSPS) is 17.1. The van der Waals surface area contributed by atoms with Crippen LogP contribution in [0.5, 0.6) is 0 Å². The Kier molecular flexibility index (Phi) is 4.89. The Labute approximate surface area is 175 Å². The summed E-state index contributed by atoms with van der Waals surface area (Å²) in [5.74, 6) is 0.814. The van der Waals surface area contributed by atoms with Gasteiger partial charge in [-0.25, -0.2) is 14.4 Å². The minimum atomic E-state index is -0.219. The van der Waals surface area contributed by atoms with Crippen molar-refractivity contribution in [3.8, 4) is 0 Å². The first-order valence-corrected chi connectivity index (χ1v) is 10.8. The summed E-state index contributed by atoms with van der Waals surface area (Å²) < 4.78 is 16.3. The number of nitrogens with zero attached hydrogens (tertiary/aromatic N) is 5. The van der Waals surface area contributed by atoms with E-state index in [-0.39, 0.29) is 11.7 Å². The molecule has 6 nitrogen and oxygen atoms in total. The van der Waals surface area contributed by atoms with E-state index in [1.54, 1.807) is 12.1 Å². The van der Waals surface area contributed by atoms with Gasteiger partial charge in [0.1, 0.15) is 17.2 Å². The number of aromatic nitrogens is 3. The number of carbonyl (C=O) groups excluding carboxylic acids is 1. The maximum atomic E-state index is 14.1. The zero-order chi connectivity index (χ0) is 20.7. The van der Waals surface area contributed by atoms with E-state index in [0.29, 0.717) is 37.4 Å². The Balaban J connectivity index is 1.41. The van der Waals surface area contributed by atoms with Gasteiger partial charge in [-0.2, -0.15) is 0 Å². The lowest BCUT2D eigenvalue weighted by molar-refractivity contribution is 0.0748. The zero-order valence-electron chi connectivity index (χ0n) is 17.3. The number of benzene rings is 1. The third-order valence-electron chi connectivity index (χ3n) is 6.18. The molecule has 1 fully saturated rings. The molecule has 1 amide bonds. The summed E-state index contributed by atoms with van der Waals surface area (Å²) in [7, 11) is 0. The van der Waals surface area contributed by atoms with Crippen molar-refractivity contribution in [2.45, 2.75) is 39.2 Å². The average Bonchev–Trinajstić information content (AvgIpc) is 2.94. The summed E-state index contributed by atoms with van der Waals surface area (Å²) in [4.78, 5) is 26.8. The molecule has 30 heavy (non-hydrogen) atoms. The van der Waals surface area contributed by atoms with Gasteiger partial charge in [-0.3, -0.25) is 4.79 Å². The molecule has 0 N–H and O–H groups in total. The fourth-order valence-corrected chi connectivity index (χ4v) is 4.61. The van der Waals surface area contributed by atoms with Crippen LogP contribution in [-0.4, -0.2) is 51.5 Å². The van der Waals surface area contributed by atoms with E-state index in [2.05, 4.69) is 4.57 Å². The van der Waals surface area contributed by atoms with Crippen molar-refractivity contribution in [2.75, 3.05) is 31.1 Å². The molecule has 2 aromatic heterocycles. The van der Waals surface area contributed by atoms with Crippen LogP contribution in [0.25, 0.3) is 11.2 Å². The van der Waals surface area contributed by atoms with Crippen LogP contribution in [0.2, 0.25) is 0 Å². The number of halogens is 1. The number of rotatable bonds is 2. The van der Waals surface area contributed by atoms with E-state index >= 15 is 0 Å². The van der Waals surface area contributed by atoms with Crippen molar-refractivity contribution in [3.05, 3.63) is 53.2 Å². The summed E-state index contributed by atoms with van der Waals surface area (Å²) in [6.07, 6.45) is 4.39. The topological polar surface area (TPSA) is 54.3 Å². The number of piperazine rings is 1. The quantitative estimate of drug-likeness (QED) is 0.652. The van der Waals surface area contributed by atoms with Gasteiger partial charge < -0.3 is 14.4 Å². The van der Waals surface area contributed by atoms with E-state index in [4.69, 9.17) is 9.97 Å². The van der Waals surface area contributed by atoms with Gasteiger partial charge in [0.2, 0.25) is 0 Å². The summed E-state index contributed by atoms with van der Waals surface area (Å²) in [5, 5.41) is 0. The lowest BCUT2D eigenvalue weighted by Crippen LogP contribution is -2.49. The largest absolute Gasteiger partial charge is 0.366 e. The Hall–Kier alpha value is -2.96. The predicted molar refractivity (Wildman–Crippen MR) is 114 cm³/mol. The van der Waals surface area contributed by atoms with Gasteiger partial charge in [0.25, 0.3) is 5.91 Å². The third-order valence-corrected chi connectivity index (χ3v) is 6.18. The Morgan fingerprint density at radius 2 is 1.80 bits per heavy atom. The molecule has 0 radical (unpaired) electrons. The lowest BCUT2D eigenvalue weighted by Gasteiger charge is -2.36. The van der Waals surface area contributed by atoms with E-state index < -0.39 is 0 Å². The first-order chi connectivity index (χ1) is 14.6. The molecule has 2 aliphatic heterocycles. The van der Waals surface area contributed by atoms with Crippen molar-refractivity contribution in [1.82, 2.24) is 19.4 Å². The molecule has 3 aromatic rings. The smallest absolute Gasteiger partial charge is 0.256 e. The number of fused-ring (bicyclic) bond motifs is 3. The Morgan fingerprint density at radius 1 is 1.00 bits per heavy atom. The Bertz CT molecular complexity index is 1100. The first-order valence-electron chi connectivity index (χ1n) is 10.8. The third kappa shape index (κ3) is 3.32. The molecule has 5 rings (SSSR count). The molecule has 0 saturated carbocycles. The van der Waals surface area contributed by atoms with Crippen molar-refractivity contribution in [1.29, 1.82) is 0 Å². The van der Waals surface area contributed by atoms with Crippen LogP contribution in [0.3, 0.4) is 0 Å². The summed E-state index contributed by atoms with van der Waals surface area (Å²) in [6, 6.07) is 8.67. The molecular formula is C23H26FN5O. The van der Waals surface area contributed by atoms with Gasteiger partial charge in [-0.05, 0) is 38.0 Å². The van der Waals surface area contributed by atoms with Crippen LogP contribution >= 0.6 is 0 Å². The molecule has 7 heteroatoms. The lowest BCUT2D eigenvalue weighted by atomic mass is 10.1. The van der Waals surface area contributed by atoms with E-state index in [1.807, 2.05) is 28.9 Å². The van der Waals surface area contributed by atoms with Crippen LogP contribution in [0, 0.1) is 12.7 Å². The van der Waals surface area contributed by atoms with Crippen LogP contribution in [-0.2, 0) is 13.0 Å². The Morgan fingerprint density at radius 3 is 2.60 bits per heavy atom. The molecule has 1 aromatic carbocycles. The number of carbonyl (C=O) groups is 1. The fraction of sp³-hybridized carbons (Fsp3) is 0.435. The SMILES string of the molecule is Cc1cc(C(=O)N2CCN(c3ccccc3F)CC2)c2nc3n(c2n1)CCCCC3. The second-order valence-corrected chi connectivity index (χ2v) is 8.20. The molecule has 0 bridgehead atoms. The van der Waals surface area contributed by atoms with Crippen molar-refractivity contribution in [3.63, 3.8) is 0 Å². The maximum Gasteiger partial charge on any atom is 0.256 e. The second-order valence-electron chi connectivity index (χ2n) is 8.20. The molecular weight excluding hydrogens is 381 g/mol. The molecule has 156 valence electrons. The van der Waals surface area contributed by atoms with Gasteiger partial charge in [-0.15, -0.1) is 0 Å². The molecule has 0 atom stereocenters. The van der Waals surface area contributed by atoms with E-state index in [1.165, 1.54) is 12.5 Å². The minimum Gasteiger partial charge on any atom is -0.366 e. The second kappa shape index (κ2) is 7.70. The molecule has 0 unspecified atom stereocenters. The van der Waals surface area contributed by atoms with Gasteiger partial charge in [0, 0.05) is 44.8 Å². The molecule has 0 aliphatic carbocycles. The monoisotopic (exact) mass is 407 g/mol. The first kappa shape index (κ1) is 19.0. The zero-order valence-corrected chi connectivity index (χ0v) is 17.3. The molecule has 4 heterocycles. The van der Waals surface area contributed by atoms with Crippen molar-refractivity contribution in [2.24, 2.45) is 0 Å². The highest BCUT2D eigenvalue weighted by atomic mass is 19.1. The summed E-state index contributed by atoms with van der Waals surface area (Å²) in [5.41, 5.74) is 3.63. The number of para-hydroxylation sites is 1. The van der Waals surface area contributed by atoms with Crippen LogP contribution in [0.1, 0.15) is 41.1 Å². The number of amides is 1. The number of anilines is 1. The fourth-order valence-electron chi connectivity index (χ4n) is 4.61. The minimum absolute atomic E-state index is 0.00746.